The Morgan fingerprint density at radius 2 is 2.04 bits per heavy atom. The number of halogens is 1. The van der Waals surface area contributed by atoms with Gasteiger partial charge in [0.2, 0.25) is 0 Å². The zero-order valence-corrected chi connectivity index (χ0v) is 16.4. The molecule has 1 aromatic heterocycles. The fourth-order valence-corrected chi connectivity index (χ4v) is 4.35. The average molecular weight is 383 g/mol. The molecule has 1 unspecified atom stereocenters. The van der Waals surface area contributed by atoms with Crippen molar-refractivity contribution in [3.63, 3.8) is 0 Å². The van der Waals surface area contributed by atoms with Crippen LogP contribution in [0.2, 0.25) is 0 Å². The molecule has 5 heteroatoms. The van der Waals surface area contributed by atoms with E-state index in [0.717, 1.165) is 35.6 Å². The summed E-state index contributed by atoms with van der Waals surface area (Å²) in [4.78, 5) is 5.80. The molecule has 0 amide bonds. The van der Waals surface area contributed by atoms with Crippen molar-refractivity contribution in [2.45, 2.75) is 39.3 Å². The molecule has 140 valence electrons. The van der Waals surface area contributed by atoms with E-state index in [1.807, 2.05) is 29.6 Å². The standard InChI is InChI=1S/C22H23FN2OS/c1-15-7-5-11-20(16(15)2)24-22-25(13-17-8-6-12-26-17)21(14-27-22)18-9-3-4-10-19(18)23/h3-5,7,9-11,14,17H,6,8,12-13H2,1-2H3. The Bertz CT molecular complexity index is 1020. The maximum absolute atomic E-state index is 14.5. The molecule has 2 aromatic carbocycles. The van der Waals surface area contributed by atoms with Crippen LogP contribution in [0.4, 0.5) is 10.1 Å². The summed E-state index contributed by atoms with van der Waals surface area (Å²) in [6, 6.07) is 13.1. The lowest BCUT2D eigenvalue weighted by atomic mass is 10.1. The third kappa shape index (κ3) is 3.75. The molecule has 0 spiro atoms. The van der Waals surface area contributed by atoms with E-state index in [1.165, 1.54) is 17.2 Å². The van der Waals surface area contributed by atoms with Gasteiger partial charge in [-0.1, -0.05) is 24.3 Å². The van der Waals surface area contributed by atoms with Gasteiger partial charge in [-0.25, -0.2) is 9.38 Å². The first-order chi connectivity index (χ1) is 13.1. The quantitative estimate of drug-likeness (QED) is 0.595. The predicted octanol–water partition coefficient (Wildman–Crippen LogP) is 5.38. The van der Waals surface area contributed by atoms with Gasteiger partial charge in [0.05, 0.1) is 24.0 Å². The number of nitrogens with zero attached hydrogens (tertiary/aromatic N) is 2. The zero-order chi connectivity index (χ0) is 18.8. The molecule has 3 nitrogen and oxygen atoms in total. The van der Waals surface area contributed by atoms with Crippen molar-refractivity contribution in [3.8, 4) is 11.3 Å². The molecule has 2 heterocycles. The van der Waals surface area contributed by atoms with Crippen LogP contribution in [0.3, 0.4) is 0 Å². The van der Waals surface area contributed by atoms with E-state index >= 15 is 0 Å². The van der Waals surface area contributed by atoms with Gasteiger partial charge in [-0.05, 0) is 56.0 Å². The highest BCUT2D eigenvalue weighted by atomic mass is 32.1. The summed E-state index contributed by atoms with van der Waals surface area (Å²) in [5.41, 5.74) is 4.81. The van der Waals surface area contributed by atoms with Gasteiger partial charge in [0.25, 0.3) is 0 Å². The number of hydrogen-bond acceptors (Lipinski definition) is 3. The largest absolute Gasteiger partial charge is 0.376 e. The molecular formula is C22H23FN2OS. The van der Waals surface area contributed by atoms with Crippen molar-refractivity contribution in [3.05, 3.63) is 69.6 Å². The maximum atomic E-state index is 14.5. The van der Waals surface area contributed by atoms with Gasteiger partial charge in [0, 0.05) is 17.6 Å². The predicted molar refractivity (Wildman–Crippen MR) is 108 cm³/mol. The van der Waals surface area contributed by atoms with Crippen molar-refractivity contribution in [2.24, 2.45) is 4.99 Å². The molecule has 0 radical (unpaired) electrons. The summed E-state index contributed by atoms with van der Waals surface area (Å²) < 4.78 is 22.4. The maximum Gasteiger partial charge on any atom is 0.190 e. The normalized spacial score (nSPS) is 17.6. The van der Waals surface area contributed by atoms with Crippen LogP contribution in [-0.4, -0.2) is 17.3 Å². The number of rotatable bonds is 4. The molecular weight excluding hydrogens is 359 g/mol. The summed E-state index contributed by atoms with van der Waals surface area (Å²) in [6.45, 7) is 5.67. The third-order valence-electron chi connectivity index (χ3n) is 5.15. The van der Waals surface area contributed by atoms with Crippen LogP contribution in [0, 0.1) is 19.7 Å². The van der Waals surface area contributed by atoms with E-state index in [-0.39, 0.29) is 11.9 Å². The lowest BCUT2D eigenvalue weighted by molar-refractivity contribution is 0.0967. The molecule has 4 rings (SSSR count). The van der Waals surface area contributed by atoms with Crippen LogP contribution in [-0.2, 0) is 11.3 Å². The molecule has 1 fully saturated rings. The first-order valence-electron chi connectivity index (χ1n) is 9.29. The number of thiazole rings is 1. The van der Waals surface area contributed by atoms with Crippen molar-refractivity contribution >= 4 is 17.0 Å². The molecule has 0 bridgehead atoms. The molecule has 1 atom stereocenters. The highest BCUT2D eigenvalue weighted by molar-refractivity contribution is 7.07. The van der Waals surface area contributed by atoms with E-state index in [2.05, 4.69) is 24.5 Å². The van der Waals surface area contributed by atoms with Gasteiger partial charge in [-0.2, -0.15) is 0 Å². The summed E-state index contributed by atoms with van der Waals surface area (Å²) in [5.74, 6) is -0.213. The molecule has 3 aromatic rings. The van der Waals surface area contributed by atoms with Crippen LogP contribution >= 0.6 is 11.3 Å². The topological polar surface area (TPSA) is 26.5 Å². The molecule has 1 saturated heterocycles. The van der Waals surface area contributed by atoms with Crippen molar-refractivity contribution in [1.29, 1.82) is 0 Å². The van der Waals surface area contributed by atoms with Crippen molar-refractivity contribution in [1.82, 2.24) is 4.57 Å². The average Bonchev–Trinajstić information content (AvgIpc) is 3.31. The van der Waals surface area contributed by atoms with Crippen molar-refractivity contribution < 1.29 is 9.13 Å². The van der Waals surface area contributed by atoms with E-state index in [0.29, 0.717) is 12.1 Å². The second-order valence-electron chi connectivity index (χ2n) is 6.96. The molecule has 0 aliphatic carbocycles. The molecule has 0 saturated carbocycles. The molecule has 27 heavy (non-hydrogen) atoms. The highest BCUT2D eigenvalue weighted by Gasteiger charge is 2.20. The SMILES string of the molecule is Cc1cccc(N=c2scc(-c3ccccc3F)n2CC2CCCO2)c1C. The lowest BCUT2D eigenvalue weighted by Gasteiger charge is -2.14. The van der Waals surface area contributed by atoms with Crippen molar-refractivity contribution in [2.75, 3.05) is 6.61 Å². The van der Waals surface area contributed by atoms with Gasteiger partial charge < -0.3 is 9.30 Å². The summed E-state index contributed by atoms with van der Waals surface area (Å²) >= 11 is 1.55. The Balaban J connectivity index is 1.85. The van der Waals surface area contributed by atoms with Crippen LogP contribution in [0.5, 0.6) is 0 Å². The summed E-state index contributed by atoms with van der Waals surface area (Å²) in [6.07, 6.45) is 2.26. The second kappa shape index (κ2) is 7.79. The molecule has 0 N–H and O–H groups in total. The number of hydrogen-bond donors (Lipinski definition) is 0. The van der Waals surface area contributed by atoms with E-state index in [4.69, 9.17) is 9.73 Å². The van der Waals surface area contributed by atoms with Gasteiger partial charge in [-0.15, -0.1) is 11.3 Å². The Hall–Kier alpha value is -2.24. The smallest absolute Gasteiger partial charge is 0.190 e. The van der Waals surface area contributed by atoms with Gasteiger partial charge in [0.1, 0.15) is 5.82 Å². The van der Waals surface area contributed by atoms with E-state index in [9.17, 15) is 4.39 Å². The molecule has 1 aliphatic rings. The number of ether oxygens (including phenoxy) is 1. The van der Waals surface area contributed by atoms with Gasteiger partial charge >= 0.3 is 0 Å². The zero-order valence-electron chi connectivity index (χ0n) is 15.6. The van der Waals surface area contributed by atoms with Gasteiger partial charge in [0.15, 0.2) is 4.80 Å². The van der Waals surface area contributed by atoms with Gasteiger partial charge in [-0.3, -0.25) is 0 Å². The first kappa shape index (κ1) is 18.1. The Morgan fingerprint density at radius 3 is 2.81 bits per heavy atom. The van der Waals surface area contributed by atoms with Crippen LogP contribution in [0.15, 0.2) is 52.8 Å². The Labute approximate surface area is 162 Å². The minimum absolute atomic E-state index is 0.155. The van der Waals surface area contributed by atoms with Crippen LogP contribution in [0.1, 0.15) is 24.0 Å². The fourth-order valence-electron chi connectivity index (χ4n) is 3.43. The lowest BCUT2D eigenvalue weighted by Crippen LogP contribution is -2.24. The van der Waals surface area contributed by atoms with Crippen LogP contribution < -0.4 is 4.80 Å². The second-order valence-corrected chi connectivity index (χ2v) is 7.80. The first-order valence-corrected chi connectivity index (χ1v) is 10.2. The monoisotopic (exact) mass is 382 g/mol. The minimum atomic E-state index is -0.213. The van der Waals surface area contributed by atoms with E-state index < -0.39 is 0 Å². The summed E-state index contributed by atoms with van der Waals surface area (Å²) in [5, 5.41) is 2.00. The molecule has 1 aliphatic heterocycles. The minimum Gasteiger partial charge on any atom is -0.376 e. The number of benzene rings is 2. The number of aryl methyl sites for hydroxylation is 1. The summed E-state index contributed by atoms with van der Waals surface area (Å²) in [7, 11) is 0. The fraction of sp³-hybridized carbons (Fsp3) is 0.318. The Morgan fingerprint density at radius 1 is 1.19 bits per heavy atom. The highest BCUT2D eigenvalue weighted by Crippen LogP contribution is 2.26. The third-order valence-corrected chi connectivity index (χ3v) is 6.01. The van der Waals surface area contributed by atoms with E-state index in [1.54, 1.807) is 17.4 Å². The van der Waals surface area contributed by atoms with Crippen LogP contribution in [0.25, 0.3) is 11.3 Å². The number of aromatic nitrogens is 1. The Kier molecular flexibility index (Phi) is 5.23.